The van der Waals surface area contributed by atoms with Gasteiger partial charge in [0.1, 0.15) is 0 Å². The van der Waals surface area contributed by atoms with Crippen LogP contribution >= 0.6 is 0 Å². The van der Waals surface area contributed by atoms with E-state index in [1.165, 1.54) is 12.4 Å². The van der Waals surface area contributed by atoms with Crippen molar-refractivity contribution >= 4 is 27.9 Å². The van der Waals surface area contributed by atoms with E-state index in [4.69, 9.17) is 0 Å². The Morgan fingerprint density at radius 1 is 1.48 bits per heavy atom. The molecular weight excluding hydrogens is 305 g/mol. The third-order valence-corrected chi connectivity index (χ3v) is 3.82. The number of anilines is 1. The molecule has 10 heteroatoms. The Morgan fingerprint density at radius 2 is 2.14 bits per heavy atom. The number of hydrogen-bond acceptors (Lipinski definition) is 7. The fraction of sp³-hybridized carbons (Fsp3) is 0.455. The molecule has 1 aromatic rings. The number of aromatic nitrogens is 2. The van der Waals surface area contributed by atoms with Crippen molar-refractivity contribution in [3.05, 3.63) is 18.1 Å². The summed E-state index contributed by atoms with van der Waals surface area (Å²) in [5, 5.41) is 0. The maximum absolute atomic E-state index is 12.7. The van der Waals surface area contributed by atoms with Crippen LogP contribution in [-0.4, -0.2) is 49.7 Å². The Bertz CT molecular complexity index is 678. The molecular formula is C11H12FN3O5S. The lowest BCUT2D eigenvalue weighted by atomic mass is 10.1. The van der Waals surface area contributed by atoms with Crippen LogP contribution in [0.4, 0.5) is 9.70 Å². The monoisotopic (exact) mass is 317 g/mol. The van der Waals surface area contributed by atoms with E-state index >= 15 is 0 Å². The van der Waals surface area contributed by atoms with Gasteiger partial charge in [0.25, 0.3) is 0 Å². The highest BCUT2D eigenvalue weighted by atomic mass is 32.3. The van der Waals surface area contributed by atoms with Crippen molar-refractivity contribution in [2.24, 2.45) is 5.92 Å². The highest BCUT2D eigenvalue weighted by Crippen LogP contribution is 2.26. The maximum atomic E-state index is 12.7. The van der Waals surface area contributed by atoms with Gasteiger partial charge in [0.2, 0.25) is 5.91 Å². The van der Waals surface area contributed by atoms with Gasteiger partial charge in [-0.2, -0.15) is 8.42 Å². The first kappa shape index (κ1) is 15.3. The predicted octanol–water partition coefficient (Wildman–Crippen LogP) is -0.0846. The number of rotatable bonds is 4. The van der Waals surface area contributed by atoms with Crippen LogP contribution in [0.25, 0.3) is 0 Å². The molecule has 1 atom stereocenters. The molecule has 0 aliphatic carbocycles. The first-order valence-corrected chi connectivity index (χ1v) is 7.49. The second-order valence-electron chi connectivity index (χ2n) is 4.50. The Hall–Kier alpha value is -2.10. The van der Waals surface area contributed by atoms with Gasteiger partial charge in [-0.3, -0.25) is 9.69 Å². The van der Waals surface area contributed by atoms with E-state index < -0.39 is 33.8 Å². The molecule has 1 saturated heterocycles. The van der Waals surface area contributed by atoms with Crippen LogP contribution in [0.1, 0.15) is 16.9 Å². The normalized spacial score (nSPS) is 18.9. The van der Waals surface area contributed by atoms with Crippen molar-refractivity contribution in [3.63, 3.8) is 0 Å². The molecule has 0 spiro atoms. The molecule has 114 valence electrons. The van der Waals surface area contributed by atoms with Crippen LogP contribution in [0.3, 0.4) is 0 Å². The summed E-state index contributed by atoms with van der Waals surface area (Å²) in [6.45, 7) is -0.0509. The maximum Gasteiger partial charge on any atom is 0.360 e. The van der Waals surface area contributed by atoms with Gasteiger partial charge in [0, 0.05) is 31.3 Å². The fourth-order valence-corrected chi connectivity index (χ4v) is 2.93. The number of esters is 1. The minimum Gasteiger partial charge on any atom is -0.464 e. The summed E-state index contributed by atoms with van der Waals surface area (Å²) in [5.74, 6) is -2.68. The minimum atomic E-state index is -4.67. The van der Waals surface area contributed by atoms with Gasteiger partial charge in [-0.1, -0.05) is 0 Å². The SMILES string of the molecule is COC(=O)c1nccnc1N1CC(CS(=O)(=O)F)CC1=O. The van der Waals surface area contributed by atoms with Crippen LogP contribution < -0.4 is 4.90 Å². The standard InChI is InChI=1S/C11H12FN3O5S/c1-20-11(17)9-10(14-3-2-13-9)15-5-7(4-8(15)16)6-21(12,18)19/h2-3,7H,4-6H2,1H3. The second-order valence-corrected chi connectivity index (χ2v) is 5.91. The van der Waals surface area contributed by atoms with Gasteiger partial charge >= 0.3 is 16.2 Å². The third kappa shape index (κ3) is 3.51. The first-order valence-electron chi connectivity index (χ1n) is 5.94. The van der Waals surface area contributed by atoms with E-state index in [2.05, 4.69) is 14.7 Å². The summed E-state index contributed by atoms with van der Waals surface area (Å²) in [5.41, 5.74) is -0.155. The number of amides is 1. The molecule has 1 amide bonds. The van der Waals surface area contributed by atoms with E-state index in [1.54, 1.807) is 0 Å². The molecule has 1 aliphatic heterocycles. The Kier molecular flexibility index (Phi) is 4.16. The summed E-state index contributed by atoms with van der Waals surface area (Å²) in [6.07, 6.45) is 2.41. The van der Waals surface area contributed by atoms with Gasteiger partial charge in [-0.05, 0) is 0 Å². The molecule has 1 aliphatic rings. The number of nitrogens with zero attached hydrogens (tertiary/aromatic N) is 3. The minimum absolute atomic E-state index is 0.0203. The van der Waals surface area contributed by atoms with E-state index in [1.807, 2.05) is 0 Å². The van der Waals surface area contributed by atoms with Crippen LogP contribution in [0.2, 0.25) is 0 Å². The van der Waals surface area contributed by atoms with Gasteiger partial charge in [0.05, 0.1) is 12.9 Å². The molecule has 0 N–H and O–H groups in total. The molecule has 8 nitrogen and oxygen atoms in total. The first-order chi connectivity index (χ1) is 9.81. The molecule has 1 aromatic heterocycles. The fourth-order valence-electron chi connectivity index (χ4n) is 2.15. The largest absolute Gasteiger partial charge is 0.464 e. The lowest BCUT2D eigenvalue weighted by molar-refractivity contribution is -0.117. The highest BCUT2D eigenvalue weighted by Gasteiger charge is 2.36. The average molecular weight is 317 g/mol. The molecule has 0 saturated carbocycles. The van der Waals surface area contributed by atoms with E-state index in [9.17, 15) is 21.9 Å². The number of halogens is 1. The third-order valence-electron chi connectivity index (χ3n) is 2.95. The Morgan fingerprint density at radius 3 is 2.76 bits per heavy atom. The summed E-state index contributed by atoms with van der Waals surface area (Å²) >= 11 is 0. The van der Waals surface area contributed by atoms with Crippen molar-refractivity contribution in [1.29, 1.82) is 0 Å². The molecule has 2 rings (SSSR count). The summed E-state index contributed by atoms with van der Waals surface area (Å²) in [6, 6.07) is 0. The van der Waals surface area contributed by atoms with Gasteiger partial charge < -0.3 is 4.74 Å². The zero-order valence-electron chi connectivity index (χ0n) is 11.0. The molecule has 1 unspecified atom stereocenters. The van der Waals surface area contributed by atoms with Crippen LogP contribution in [-0.2, 0) is 19.8 Å². The molecule has 0 aromatic carbocycles. The number of carbonyl (C=O) groups is 2. The van der Waals surface area contributed by atoms with Crippen molar-refractivity contribution < 1.29 is 26.6 Å². The molecule has 0 radical (unpaired) electrons. The summed E-state index contributed by atoms with van der Waals surface area (Å²) in [7, 11) is -3.52. The van der Waals surface area contributed by atoms with Crippen LogP contribution in [0, 0.1) is 5.92 Å². The lowest BCUT2D eigenvalue weighted by Crippen LogP contribution is -2.29. The number of carbonyl (C=O) groups excluding carboxylic acids is 2. The van der Waals surface area contributed by atoms with E-state index in [0.29, 0.717) is 0 Å². The summed E-state index contributed by atoms with van der Waals surface area (Å²) < 4.78 is 38.6. The Labute approximate surface area is 120 Å². The highest BCUT2D eigenvalue weighted by molar-refractivity contribution is 7.86. The van der Waals surface area contributed by atoms with Crippen molar-refractivity contribution in [2.75, 3.05) is 24.3 Å². The second kappa shape index (κ2) is 5.72. The van der Waals surface area contributed by atoms with Gasteiger partial charge in [0.15, 0.2) is 11.5 Å². The van der Waals surface area contributed by atoms with Crippen LogP contribution in [0.5, 0.6) is 0 Å². The van der Waals surface area contributed by atoms with Crippen molar-refractivity contribution in [1.82, 2.24) is 9.97 Å². The molecule has 21 heavy (non-hydrogen) atoms. The van der Waals surface area contributed by atoms with Crippen LogP contribution in [0.15, 0.2) is 12.4 Å². The number of ether oxygens (including phenoxy) is 1. The van der Waals surface area contributed by atoms with Crippen molar-refractivity contribution in [2.45, 2.75) is 6.42 Å². The lowest BCUT2D eigenvalue weighted by Gasteiger charge is -2.16. The quantitative estimate of drug-likeness (QED) is 0.564. The zero-order valence-corrected chi connectivity index (χ0v) is 11.8. The topological polar surface area (TPSA) is 107 Å². The van der Waals surface area contributed by atoms with E-state index in [-0.39, 0.29) is 24.5 Å². The molecule has 0 bridgehead atoms. The smallest absolute Gasteiger partial charge is 0.360 e. The Balaban J connectivity index is 2.27. The zero-order chi connectivity index (χ0) is 15.6. The molecule has 1 fully saturated rings. The summed E-state index contributed by atoms with van der Waals surface area (Å²) in [4.78, 5) is 32.3. The average Bonchev–Trinajstić information content (AvgIpc) is 2.76. The van der Waals surface area contributed by atoms with Gasteiger partial charge in [-0.15, -0.1) is 3.89 Å². The van der Waals surface area contributed by atoms with Crippen molar-refractivity contribution in [3.8, 4) is 0 Å². The van der Waals surface area contributed by atoms with Gasteiger partial charge in [-0.25, -0.2) is 14.8 Å². The van der Waals surface area contributed by atoms with E-state index in [0.717, 1.165) is 12.0 Å². The predicted molar refractivity (Wildman–Crippen MR) is 68.7 cm³/mol. The number of hydrogen-bond donors (Lipinski definition) is 0. The number of methoxy groups -OCH3 is 1. The molecule has 2 heterocycles.